The average molecular weight is 298 g/mol. The van der Waals surface area contributed by atoms with Crippen LogP contribution in [0.5, 0.6) is 0 Å². The lowest BCUT2D eigenvalue weighted by atomic mass is 10.0. The van der Waals surface area contributed by atoms with Gasteiger partial charge in [0.25, 0.3) is 5.56 Å². The molecule has 0 amide bonds. The highest BCUT2D eigenvalue weighted by Crippen LogP contribution is 2.20. The van der Waals surface area contributed by atoms with Crippen molar-refractivity contribution in [2.24, 2.45) is 0 Å². The molecule has 110 valence electrons. The molecule has 0 aliphatic carbocycles. The molecule has 0 atom stereocenters. The molecule has 0 saturated carbocycles. The number of fused-ring (bicyclic) bond motifs is 2. The van der Waals surface area contributed by atoms with Gasteiger partial charge in [-0.15, -0.1) is 0 Å². The van der Waals surface area contributed by atoms with Crippen LogP contribution in [0, 0.1) is 0 Å². The van der Waals surface area contributed by atoms with E-state index in [1.165, 1.54) is 5.39 Å². The monoisotopic (exact) mass is 298 g/mol. The van der Waals surface area contributed by atoms with Crippen LogP contribution in [0.3, 0.4) is 0 Å². The van der Waals surface area contributed by atoms with Crippen LogP contribution in [0.4, 0.5) is 0 Å². The fourth-order valence-corrected chi connectivity index (χ4v) is 2.72. The number of aromatic nitrogens is 2. The molecule has 0 saturated heterocycles. The average Bonchev–Trinajstić information content (AvgIpc) is 2.60. The largest absolute Gasteiger partial charge is 0.319 e. The number of hydrogen-bond acceptors (Lipinski definition) is 2. The highest BCUT2D eigenvalue weighted by Gasteiger charge is 2.02. The Labute approximate surface area is 132 Å². The number of nitrogens with one attached hydrogen (secondary N) is 1. The van der Waals surface area contributed by atoms with Gasteiger partial charge < -0.3 is 4.98 Å². The summed E-state index contributed by atoms with van der Waals surface area (Å²) in [4.78, 5) is 19.5. The van der Waals surface area contributed by atoms with Crippen molar-refractivity contribution in [1.29, 1.82) is 0 Å². The van der Waals surface area contributed by atoms with E-state index in [0.29, 0.717) is 5.69 Å². The van der Waals surface area contributed by atoms with Gasteiger partial charge in [0.2, 0.25) is 0 Å². The highest BCUT2D eigenvalue weighted by atomic mass is 16.1. The van der Waals surface area contributed by atoms with Crippen molar-refractivity contribution in [3.63, 3.8) is 0 Å². The maximum Gasteiger partial charge on any atom is 0.274 e. The molecule has 0 fully saturated rings. The summed E-state index contributed by atoms with van der Waals surface area (Å²) in [5.41, 5.74) is 2.83. The predicted octanol–water partition coefficient (Wildman–Crippen LogP) is 4.25. The maximum atomic E-state index is 12.1. The molecule has 3 heteroatoms. The predicted molar refractivity (Wildman–Crippen MR) is 95.2 cm³/mol. The van der Waals surface area contributed by atoms with E-state index in [1.807, 2.05) is 54.6 Å². The normalized spacial score (nSPS) is 11.5. The third-order valence-electron chi connectivity index (χ3n) is 3.87. The minimum atomic E-state index is -0.180. The van der Waals surface area contributed by atoms with Crippen molar-refractivity contribution in [1.82, 2.24) is 9.97 Å². The fourth-order valence-electron chi connectivity index (χ4n) is 2.72. The van der Waals surface area contributed by atoms with Gasteiger partial charge in [-0.05, 0) is 34.5 Å². The summed E-state index contributed by atoms with van der Waals surface area (Å²) in [7, 11) is 0. The second-order valence-corrected chi connectivity index (χ2v) is 5.37. The summed E-state index contributed by atoms with van der Waals surface area (Å²) in [5, 5.41) is 2.33. The molecule has 0 radical (unpaired) electrons. The number of para-hydroxylation sites is 2. The molecule has 1 aromatic heterocycles. The van der Waals surface area contributed by atoms with Crippen LogP contribution in [-0.2, 0) is 0 Å². The Kier molecular flexibility index (Phi) is 3.24. The van der Waals surface area contributed by atoms with Crippen LogP contribution in [-0.4, -0.2) is 9.97 Å². The van der Waals surface area contributed by atoms with E-state index in [-0.39, 0.29) is 5.56 Å². The lowest BCUT2D eigenvalue weighted by molar-refractivity contribution is 1.19. The van der Waals surface area contributed by atoms with Gasteiger partial charge in [-0.3, -0.25) is 4.79 Å². The lowest BCUT2D eigenvalue weighted by Crippen LogP contribution is -2.11. The zero-order chi connectivity index (χ0) is 15.6. The van der Waals surface area contributed by atoms with Gasteiger partial charge in [-0.1, -0.05) is 60.7 Å². The molecule has 0 unspecified atom stereocenters. The van der Waals surface area contributed by atoms with E-state index in [0.717, 1.165) is 22.0 Å². The number of hydrogen-bond donors (Lipinski definition) is 1. The second kappa shape index (κ2) is 5.54. The zero-order valence-corrected chi connectivity index (χ0v) is 12.4. The zero-order valence-electron chi connectivity index (χ0n) is 12.4. The van der Waals surface area contributed by atoms with Crippen LogP contribution >= 0.6 is 0 Å². The van der Waals surface area contributed by atoms with Crippen LogP contribution in [0.2, 0.25) is 0 Å². The highest BCUT2D eigenvalue weighted by molar-refractivity contribution is 5.92. The van der Waals surface area contributed by atoms with Crippen molar-refractivity contribution in [2.45, 2.75) is 0 Å². The Morgan fingerprint density at radius 1 is 0.826 bits per heavy atom. The summed E-state index contributed by atoms with van der Waals surface area (Å²) in [6, 6.07) is 21.8. The molecule has 0 aliphatic rings. The van der Waals surface area contributed by atoms with Crippen LogP contribution in [0.25, 0.3) is 34.0 Å². The van der Waals surface area contributed by atoms with Crippen molar-refractivity contribution in [3.05, 3.63) is 88.3 Å². The molecule has 0 aliphatic heterocycles. The molecular weight excluding hydrogens is 284 g/mol. The molecule has 0 bridgehead atoms. The van der Waals surface area contributed by atoms with Crippen molar-refractivity contribution in [2.75, 3.05) is 0 Å². The summed E-state index contributed by atoms with van der Waals surface area (Å²) >= 11 is 0. The summed E-state index contributed by atoms with van der Waals surface area (Å²) < 4.78 is 0. The Bertz CT molecular complexity index is 1090. The maximum absolute atomic E-state index is 12.1. The molecule has 23 heavy (non-hydrogen) atoms. The smallest absolute Gasteiger partial charge is 0.274 e. The quantitative estimate of drug-likeness (QED) is 0.601. The first kappa shape index (κ1) is 13.5. The van der Waals surface area contributed by atoms with E-state index in [9.17, 15) is 4.79 Å². The van der Waals surface area contributed by atoms with Crippen LogP contribution in [0.1, 0.15) is 11.3 Å². The topological polar surface area (TPSA) is 45.8 Å². The number of H-pyrrole nitrogens is 1. The van der Waals surface area contributed by atoms with Crippen LogP contribution < -0.4 is 5.56 Å². The Morgan fingerprint density at radius 2 is 1.61 bits per heavy atom. The Balaban J connectivity index is 1.82. The van der Waals surface area contributed by atoms with E-state index >= 15 is 0 Å². The first-order chi connectivity index (χ1) is 11.3. The minimum absolute atomic E-state index is 0.180. The van der Waals surface area contributed by atoms with Gasteiger partial charge in [0.1, 0.15) is 5.69 Å². The molecule has 4 aromatic rings. The summed E-state index contributed by atoms with van der Waals surface area (Å²) in [6.07, 6.45) is 3.71. The number of benzene rings is 3. The third-order valence-corrected chi connectivity index (χ3v) is 3.87. The number of aromatic amines is 1. The van der Waals surface area contributed by atoms with Gasteiger partial charge in [-0.2, -0.15) is 0 Å². The Hall–Kier alpha value is -3.20. The molecule has 1 heterocycles. The first-order valence-corrected chi connectivity index (χ1v) is 7.46. The van der Waals surface area contributed by atoms with Crippen molar-refractivity contribution in [3.8, 4) is 0 Å². The minimum Gasteiger partial charge on any atom is -0.319 e. The fraction of sp³-hybridized carbons (Fsp3) is 0. The summed E-state index contributed by atoms with van der Waals surface area (Å²) in [5.74, 6) is 0. The molecule has 3 nitrogen and oxygen atoms in total. The third kappa shape index (κ3) is 2.53. The van der Waals surface area contributed by atoms with E-state index in [2.05, 4.69) is 28.2 Å². The van der Waals surface area contributed by atoms with E-state index in [1.54, 1.807) is 6.08 Å². The van der Waals surface area contributed by atoms with E-state index in [4.69, 9.17) is 0 Å². The molecule has 0 spiro atoms. The first-order valence-electron chi connectivity index (χ1n) is 7.46. The van der Waals surface area contributed by atoms with Crippen molar-refractivity contribution >= 4 is 34.0 Å². The number of rotatable bonds is 2. The standard InChI is InChI=1S/C20H14N2O/c23-20-19(21-17-10-3-4-11-18(17)22-20)13-12-15-8-5-7-14-6-1-2-9-16(14)15/h1-13H,(H,22,23)/b13-12+. The van der Waals surface area contributed by atoms with Gasteiger partial charge in [-0.25, -0.2) is 4.98 Å². The van der Waals surface area contributed by atoms with Gasteiger partial charge in [0.05, 0.1) is 11.0 Å². The molecule has 1 N–H and O–H groups in total. The summed E-state index contributed by atoms with van der Waals surface area (Å²) in [6.45, 7) is 0. The molecule has 3 aromatic carbocycles. The second-order valence-electron chi connectivity index (χ2n) is 5.37. The molecule has 4 rings (SSSR count). The van der Waals surface area contributed by atoms with E-state index < -0.39 is 0 Å². The SMILES string of the molecule is O=c1[nH]c2ccccc2nc1/C=C/c1cccc2ccccc12. The van der Waals surface area contributed by atoms with Crippen molar-refractivity contribution < 1.29 is 0 Å². The van der Waals surface area contributed by atoms with Gasteiger partial charge >= 0.3 is 0 Å². The van der Waals surface area contributed by atoms with Gasteiger partial charge in [0, 0.05) is 0 Å². The molecular formula is C20H14N2O. The Morgan fingerprint density at radius 3 is 2.57 bits per heavy atom. The van der Waals surface area contributed by atoms with Crippen LogP contribution in [0.15, 0.2) is 71.5 Å². The van der Waals surface area contributed by atoms with Gasteiger partial charge in [0.15, 0.2) is 0 Å². The lowest BCUT2D eigenvalue weighted by Gasteiger charge is -2.02. The number of nitrogens with zero attached hydrogens (tertiary/aromatic N) is 1.